The fraction of sp³-hybridized carbons (Fsp3) is 1.00. The van der Waals surface area contributed by atoms with Crippen molar-refractivity contribution < 1.29 is 47.4 Å². The van der Waals surface area contributed by atoms with E-state index in [1.165, 1.54) is 77.0 Å². The van der Waals surface area contributed by atoms with E-state index in [0.29, 0.717) is 55.1 Å². The van der Waals surface area contributed by atoms with Gasteiger partial charge in [0, 0.05) is 0 Å². The molecule has 10 heteroatoms. The molecule has 0 amide bonds. The molecule has 6 aliphatic rings. The molecule has 2 heterocycles. The highest BCUT2D eigenvalue weighted by atomic mass is 16.7. The van der Waals surface area contributed by atoms with Crippen molar-refractivity contribution in [2.24, 2.45) is 34.5 Å². The molecule has 0 radical (unpaired) electrons. The third-order valence-corrected chi connectivity index (χ3v) is 15.7. The maximum Gasteiger partial charge on any atom is 0.155 e. The summed E-state index contributed by atoms with van der Waals surface area (Å²) in [7, 11) is 0. The summed E-state index contributed by atoms with van der Waals surface area (Å²) in [4.78, 5) is 0. The van der Waals surface area contributed by atoms with Gasteiger partial charge in [0.1, 0.15) is 12.2 Å². The Morgan fingerprint density at radius 2 is 0.746 bits per heavy atom. The lowest BCUT2D eigenvalue weighted by molar-refractivity contribution is -0.202. The molecule has 2 saturated heterocycles. The van der Waals surface area contributed by atoms with Crippen LogP contribution in [0.25, 0.3) is 0 Å². The number of hydrogen-bond donors (Lipinski definition) is 0. The Labute approximate surface area is 359 Å². The fourth-order valence-corrected chi connectivity index (χ4v) is 11.3. The Bertz CT molecular complexity index is 1160. The van der Waals surface area contributed by atoms with Gasteiger partial charge in [-0.1, -0.05) is 27.7 Å². The van der Waals surface area contributed by atoms with Gasteiger partial charge in [-0.3, -0.25) is 0 Å². The predicted molar refractivity (Wildman–Crippen MR) is 230 cm³/mol. The molecule has 6 rings (SSSR count). The highest BCUT2D eigenvalue weighted by Crippen LogP contribution is 2.50. The number of epoxide rings is 2. The molecule has 0 N–H and O–H groups in total. The van der Waals surface area contributed by atoms with Crippen molar-refractivity contribution in [2.45, 2.75) is 233 Å². The summed E-state index contributed by atoms with van der Waals surface area (Å²) in [5.74, 6) is 3.08. The molecule has 0 bridgehead atoms. The maximum absolute atomic E-state index is 6.41. The van der Waals surface area contributed by atoms with Gasteiger partial charge in [-0.05, 0) is 172 Å². The van der Waals surface area contributed by atoms with Crippen LogP contribution in [0.2, 0.25) is 0 Å². The normalized spacial score (nSPS) is 35.7. The summed E-state index contributed by atoms with van der Waals surface area (Å²) >= 11 is 0. The third-order valence-electron chi connectivity index (χ3n) is 15.7. The van der Waals surface area contributed by atoms with E-state index >= 15 is 0 Å². The summed E-state index contributed by atoms with van der Waals surface area (Å²) < 4.78 is 60.2. The van der Waals surface area contributed by atoms with Gasteiger partial charge in [0.15, 0.2) is 12.6 Å². The third kappa shape index (κ3) is 15.7. The van der Waals surface area contributed by atoms with Crippen molar-refractivity contribution >= 4 is 0 Å². The topological polar surface area (TPSA) is 98.9 Å². The van der Waals surface area contributed by atoms with Crippen molar-refractivity contribution in [2.75, 3.05) is 46.2 Å². The number of hydrogen-bond acceptors (Lipinski definition) is 10. The van der Waals surface area contributed by atoms with Crippen LogP contribution in [0.4, 0.5) is 0 Å². The first-order chi connectivity index (χ1) is 28.2. The second-order valence-electron chi connectivity index (χ2n) is 21.1. The Morgan fingerprint density at radius 1 is 0.424 bits per heavy atom. The summed E-state index contributed by atoms with van der Waals surface area (Å²) in [6.45, 7) is 25.2. The zero-order chi connectivity index (χ0) is 42.0. The molecule has 0 aromatic heterocycles. The maximum atomic E-state index is 6.41. The minimum Gasteiger partial charge on any atom is -0.375 e. The van der Waals surface area contributed by atoms with E-state index in [1.54, 1.807) is 0 Å². The van der Waals surface area contributed by atoms with Crippen LogP contribution in [0.5, 0.6) is 0 Å². The highest BCUT2D eigenvalue weighted by molar-refractivity contribution is 4.93. The van der Waals surface area contributed by atoms with Gasteiger partial charge >= 0.3 is 0 Å². The lowest BCUT2D eigenvalue weighted by Gasteiger charge is -2.46. The predicted octanol–water partition coefficient (Wildman–Crippen LogP) is 10.1. The first-order valence-electron chi connectivity index (χ1n) is 24.5. The Morgan fingerprint density at radius 3 is 1.12 bits per heavy atom. The molecule has 4 aliphatic carbocycles. The van der Waals surface area contributed by atoms with E-state index in [-0.39, 0.29) is 43.1 Å². The van der Waals surface area contributed by atoms with E-state index in [4.69, 9.17) is 47.4 Å². The molecule has 0 spiro atoms. The first kappa shape index (κ1) is 48.1. The lowest BCUT2D eigenvalue weighted by Crippen LogP contribution is -2.40. The zero-order valence-electron chi connectivity index (χ0n) is 39.0. The molecule has 4 saturated carbocycles. The van der Waals surface area contributed by atoms with Crippen LogP contribution in [0.3, 0.4) is 0 Å². The van der Waals surface area contributed by atoms with Gasteiger partial charge in [0.05, 0.1) is 89.0 Å². The Kier molecular flexibility index (Phi) is 18.7. The van der Waals surface area contributed by atoms with Gasteiger partial charge in [0.2, 0.25) is 0 Å². The van der Waals surface area contributed by atoms with Gasteiger partial charge in [-0.25, -0.2) is 0 Å². The fourth-order valence-electron chi connectivity index (χ4n) is 11.3. The molecule has 6 fully saturated rings. The van der Waals surface area contributed by atoms with Crippen molar-refractivity contribution in [3.63, 3.8) is 0 Å². The molecule has 344 valence electrons. The Hall–Kier alpha value is -0.400. The minimum atomic E-state index is -0.252. The van der Waals surface area contributed by atoms with Crippen LogP contribution in [-0.4, -0.2) is 114 Å². The van der Waals surface area contributed by atoms with Gasteiger partial charge < -0.3 is 47.4 Å². The molecule has 59 heavy (non-hydrogen) atoms. The summed E-state index contributed by atoms with van der Waals surface area (Å²) in [6.07, 6.45) is 20.8. The smallest absolute Gasteiger partial charge is 0.155 e. The standard InChI is InChI=1S/C49H88O10/c1-33(51-28-35(3)57-37(5)59-45-24-16-41(17-25-45)49(8,9)39-12-20-43(21-13-39)54-30-47-32-56-47)26-50-34(2)27-52-36(4)58-44-22-14-40(15-23-44)48(6,7)38-10-18-42(19-11-38)53-29-46-31-55-46/h33-47H,10-32H2,1-9H3. The largest absolute Gasteiger partial charge is 0.375 e. The quantitative estimate of drug-likeness (QED) is 0.0653. The zero-order valence-corrected chi connectivity index (χ0v) is 39.0. The van der Waals surface area contributed by atoms with E-state index in [9.17, 15) is 0 Å². The van der Waals surface area contributed by atoms with Gasteiger partial charge in [0.25, 0.3) is 0 Å². The van der Waals surface area contributed by atoms with Crippen LogP contribution >= 0.6 is 0 Å². The van der Waals surface area contributed by atoms with Crippen molar-refractivity contribution in [3.05, 3.63) is 0 Å². The van der Waals surface area contributed by atoms with Crippen molar-refractivity contribution in [1.82, 2.24) is 0 Å². The van der Waals surface area contributed by atoms with Crippen LogP contribution in [-0.2, 0) is 47.4 Å². The molecular formula is C49H88O10. The molecule has 7 atom stereocenters. The van der Waals surface area contributed by atoms with Gasteiger partial charge in [-0.2, -0.15) is 0 Å². The van der Waals surface area contributed by atoms with E-state index in [0.717, 1.165) is 75.8 Å². The van der Waals surface area contributed by atoms with E-state index in [2.05, 4.69) is 48.5 Å². The molecule has 10 nitrogen and oxygen atoms in total. The molecule has 7 unspecified atom stereocenters. The van der Waals surface area contributed by atoms with Crippen molar-refractivity contribution in [1.29, 1.82) is 0 Å². The van der Waals surface area contributed by atoms with E-state index in [1.807, 2.05) is 13.8 Å². The first-order valence-corrected chi connectivity index (χ1v) is 24.5. The van der Waals surface area contributed by atoms with Crippen LogP contribution < -0.4 is 0 Å². The molecule has 0 aromatic rings. The van der Waals surface area contributed by atoms with Crippen molar-refractivity contribution in [3.8, 4) is 0 Å². The lowest BCUT2D eigenvalue weighted by atomic mass is 9.60. The molecule has 2 aliphatic heterocycles. The molecular weight excluding hydrogens is 749 g/mol. The highest BCUT2D eigenvalue weighted by Gasteiger charge is 2.43. The molecule has 0 aromatic carbocycles. The Balaban J connectivity index is 0.759. The van der Waals surface area contributed by atoms with Crippen LogP contribution in [0, 0.1) is 34.5 Å². The SMILES string of the molecule is CC(COC(C)COC(C)OC1CCC(C(C)(C)C2CCC(OCC3CO3)CC2)CC1)OCC(C)OC(C)OC1CCC(C(C)(C)C2CCC(OCC3CO3)CC2)CC1. The minimum absolute atomic E-state index is 0.0443. The number of ether oxygens (including phenoxy) is 10. The number of rotatable bonds is 25. The van der Waals surface area contributed by atoms with Gasteiger partial charge in [-0.15, -0.1) is 0 Å². The monoisotopic (exact) mass is 837 g/mol. The second kappa shape index (κ2) is 23.0. The van der Waals surface area contributed by atoms with E-state index < -0.39 is 0 Å². The second-order valence-corrected chi connectivity index (χ2v) is 21.1. The average molecular weight is 837 g/mol. The summed E-state index contributed by atoms with van der Waals surface area (Å²) in [5.41, 5.74) is 0.725. The summed E-state index contributed by atoms with van der Waals surface area (Å²) in [6, 6.07) is 0. The average Bonchev–Trinajstić information content (AvgIpc) is 4.17. The summed E-state index contributed by atoms with van der Waals surface area (Å²) in [5, 5.41) is 0. The van der Waals surface area contributed by atoms with Crippen LogP contribution in [0.15, 0.2) is 0 Å². The van der Waals surface area contributed by atoms with Crippen LogP contribution in [0.1, 0.15) is 165 Å².